The third kappa shape index (κ3) is 5.67. The van der Waals surface area contributed by atoms with E-state index in [1.165, 1.54) is 5.56 Å². The summed E-state index contributed by atoms with van der Waals surface area (Å²) in [5.41, 5.74) is 4.03. The quantitative estimate of drug-likeness (QED) is 0.300. The van der Waals surface area contributed by atoms with E-state index in [0.717, 1.165) is 26.2 Å². The average molecular weight is 641 g/mol. The van der Waals surface area contributed by atoms with Gasteiger partial charge in [-0.15, -0.1) is 0 Å². The van der Waals surface area contributed by atoms with E-state index in [9.17, 15) is 9.59 Å². The fourth-order valence-electron chi connectivity index (χ4n) is 6.01. The lowest BCUT2D eigenvalue weighted by Crippen LogP contribution is -2.37. The molecule has 1 heterocycles. The SMILES string of the molecule is CCOc1cc(C2C3=C(CC(C)(C)CC3=O)OC3=C2C(=O)CC(C)(C)C3)cc(I)c1OCc1ccc(C)cc1. The summed E-state index contributed by atoms with van der Waals surface area (Å²) in [5, 5.41) is 0. The maximum absolute atomic E-state index is 13.7. The van der Waals surface area contributed by atoms with Crippen LogP contribution in [0.5, 0.6) is 11.5 Å². The van der Waals surface area contributed by atoms with Crippen LogP contribution in [0.3, 0.4) is 0 Å². The van der Waals surface area contributed by atoms with Crippen LogP contribution in [0, 0.1) is 21.3 Å². The molecule has 0 radical (unpaired) electrons. The third-order valence-corrected chi connectivity index (χ3v) is 8.55. The number of hydrogen-bond acceptors (Lipinski definition) is 5. The lowest BCUT2D eigenvalue weighted by molar-refractivity contribution is -0.120. The molecule has 0 saturated carbocycles. The van der Waals surface area contributed by atoms with Crippen molar-refractivity contribution in [2.24, 2.45) is 10.8 Å². The third-order valence-electron chi connectivity index (χ3n) is 7.75. The molecule has 0 bridgehead atoms. The van der Waals surface area contributed by atoms with Crippen molar-refractivity contribution in [1.29, 1.82) is 0 Å². The monoisotopic (exact) mass is 640 g/mol. The van der Waals surface area contributed by atoms with Gasteiger partial charge in [0.1, 0.15) is 18.1 Å². The molecule has 6 heteroatoms. The molecule has 39 heavy (non-hydrogen) atoms. The molecule has 0 spiro atoms. The summed E-state index contributed by atoms with van der Waals surface area (Å²) in [4.78, 5) is 27.3. The molecular weight excluding hydrogens is 603 g/mol. The number of Topliss-reactive ketones (excluding diaryl/α,β-unsaturated/α-hetero) is 2. The minimum absolute atomic E-state index is 0.0584. The van der Waals surface area contributed by atoms with Gasteiger partial charge in [-0.25, -0.2) is 0 Å². The summed E-state index contributed by atoms with van der Waals surface area (Å²) >= 11 is 2.27. The molecule has 3 aliphatic rings. The van der Waals surface area contributed by atoms with Gasteiger partial charge in [-0.2, -0.15) is 0 Å². The number of carbonyl (C=O) groups excluding carboxylic acids is 2. The summed E-state index contributed by atoms with van der Waals surface area (Å²) in [5.74, 6) is 2.39. The number of benzene rings is 2. The second kappa shape index (κ2) is 10.4. The van der Waals surface area contributed by atoms with Crippen LogP contribution in [-0.4, -0.2) is 18.2 Å². The van der Waals surface area contributed by atoms with Gasteiger partial charge < -0.3 is 14.2 Å². The Bertz CT molecular complexity index is 1340. The predicted molar refractivity (Wildman–Crippen MR) is 160 cm³/mol. The lowest BCUT2D eigenvalue weighted by Gasteiger charge is -2.42. The first-order chi connectivity index (χ1) is 18.4. The Morgan fingerprint density at radius 2 is 1.44 bits per heavy atom. The molecule has 0 aromatic heterocycles. The van der Waals surface area contributed by atoms with Crippen molar-refractivity contribution in [2.75, 3.05) is 6.61 Å². The fraction of sp³-hybridized carbons (Fsp3) is 0.455. The normalized spacial score (nSPS) is 20.4. The van der Waals surface area contributed by atoms with Crippen molar-refractivity contribution in [3.63, 3.8) is 0 Å². The van der Waals surface area contributed by atoms with Crippen LogP contribution in [0.4, 0.5) is 0 Å². The standard InChI is InChI=1S/C33H37IO5/c1-7-37-25-13-21(12-22(34)31(25)38-18-20-10-8-19(2)9-11-20)28-29-23(35)14-32(3,4)16-26(29)39-27-17-33(5,6)15-24(36)30(27)28/h8-13,28H,7,14-18H2,1-6H3. The Balaban J connectivity index is 1.60. The van der Waals surface area contributed by atoms with E-state index in [1.54, 1.807) is 0 Å². The Labute approximate surface area is 245 Å². The van der Waals surface area contributed by atoms with Crippen LogP contribution in [0.1, 0.15) is 82.9 Å². The second-order valence-electron chi connectivity index (χ2n) is 12.6. The van der Waals surface area contributed by atoms with E-state index in [0.29, 0.717) is 61.5 Å². The van der Waals surface area contributed by atoms with Crippen molar-refractivity contribution in [3.05, 3.63) is 79.3 Å². The van der Waals surface area contributed by atoms with Gasteiger partial charge in [-0.05, 0) is 70.5 Å². The Kier molecular flexibility index (Phi) is 7.46. The Morgan fingerprint density at radius 3 is 1.97 bits per heavy atom. The molecule has 0 N–H and O–H groups in total. The van der Waals surface area contributed by atoms with Crippen molar-refractivity contribution >= 4 is 34.2 Å². The largest absolute Gasteiger partial charge is 0.490 e. The van der Waals surface area contributed by atoms with E-state index in [-0.39, 0.29) is 22.4 Å². The number of aryl methyl sites for hydroxylation is 1. The topological polar surface area (TPSA) is 61.8 Å². The zero-order valence-corrected chi connectivity index (χ0v) is 25.9. The van der Waals surface area contributed by atoms with E-state index >= 15 is 0 Å². The lowest BCUT2D eigenvalue weighted by atomic mass is 9.65. The van der Waals surface area contributed by atoms with Gasteiger partial charge in [-0.3, -0.25) is 9.59 Å². The Morgan fingerprint density at radius 1 is 0.872 bits per heavy atom. The van der Waals surface area contributed by atoms with Crippen molar-refractivity contribution in [3.8, 4) is 11.5 Å². The maximum atomic E-state index is 13.7. The number of ether oxygens (including phenoxy) is 3. The summed E-state index contributed by atoms with van der Waals surface area (Å²) in [6.07, 6.45) is 2.20. The van der Waals surface area contributed by atoms with Gasteiger partial charge in [0, 0.05) is 42.7 Å². The molecule has 0 unspecified atom stereocenters. The second-order valence-corrected chi connectivity index (χ2v) is 13.8. The van der Waals surface area contributed by atoms with Crippen LogP contribution in [0.15, 0.2) is 59.1 Å². The molecule has 5 nitrogen and oxygen atoms in total. The molecule has 0 saturated heterocycles. The summed E-state index contributed by atoms with van der Waals surface area (Å²) in [6.45, 7) is 13.3. The minimum Gasteiger partial charge on any atom is -0.490 e. The summed E-state index contributed by atoms with van der Waals surface area (Å²) in [6, 6.07) is 12.3. The molecule has 1 aliphatic heterocycles. The van der Waals surface area contributed by atoms with Crippen LogP contribution in [0.25, 0.3) is 0 Å². The molecule has 206 valence electrons. The molecule has 2 aromatic rings. The summed E-state index contributed by atoms with van der Waals surface area (Å²) in [7, 11) is 0. The summed E-state index contributed by atoms with van der Waals surface area (Å²) < 4.78 is 19.7. The first kappa shape index (κ1) is 27.9. The van der Waals surface area contributed by atoms with E-state index < -0.39 is 5.92 Å². The van der Waals surface area contributed by atoms with E-state index in [2.05, 4.69) is 81.5 Å². The molecule has 0 atom stereocenters. The molecule has 0 fully saturated rings. The highest BCUT2D eigenvalue weighted by Gasteiger charge is 2.48. The number of carbonyl (C=O) groups is 2. The first-order valence-electron chi connectivity index (χ1n) is 13.7. The zero-order chi connectivity index (χ0) is 28.1. The van der Waals surface area contributed by atoms with Crippen LogP contribution in [0.2, 0.25) is 0 Å². The van der Waals surface area contributed by atoms with Crippen molar-refractivity contribution in [1.82, 2.24) is 0 Å². The zero-order valence-electron chi connectivity index (χ0n) is 23.7. The van der Waals surface area contributed by atoms with Crippen molar-refractivity contribution < 1.29 is 23.8 Å². The number of hydrogen-bond donors (Lipinski definition) is 0. The van der Waals surface area contributed by atoms with Gasteiger partial charge in [0.2, 0.25) is 0 Å². The van der Waals surface area contributed by atoms with Gasteiger partial charge >= 0.3 is 0 Å². The van der Waals surface area contributed by atoms with Crippen molar-refractivity contribution in [2.45, 2.75) is 79.8 Å². The molecule has 2 aromatic carbocycles. The highest BCUT2D eigenvalue weighted by atomic mass is 127. The maximum Gasteiger partial charge on any atom is 0.174 e. The highest BCUT2D eigenvalue weighted by Crippen LogP contribution is 2.54. The molecule has 2 aliphatic carbocycles. The number of allylic oxidation sites excluding steroid dienone is 4. The highest BCUT2D eigenvalue weighted by molar-refractivity contribution is 14.1. The number of halogens is 1. The molecule has 5 rings (SSSR count). The number of rotatable bonds is 6. The smallest absolute Gasteiger partial charge is 0.174 e. The van der Waals surface area contributed by atoms with Crippen LogP contribution in [-0.2, 0) is 20.9 Å². The van der Waals surface area contributed by atoms with Crippen LogP contribution >= 0.6 is 22.6 Å². The van der Waals surface area contributed by atoms with Crippen LogP contribution < -0.4 is 9.47 Å². The van der Waals surface area contributed by atoms with E-state index in [1.807, 2.05) is 19.1 Å². The van der Waals surface area contributed by atoms with E-state index in [4.69, 9.17) is 14.2 Å². The Hall–Kier alpha value is -2.61. The molecular formula is C33H37IO5. The molecule has 0 amide bonds. The first-order valence-corrected chi connectivity index (χ1v) is 14.8. The number of ketones is 2. The van der Waals surface area contributed by atoms with Gasteiger partial charge in [0.05, 0.1) is 10.2 Å². The minimum atomic E-state index is -0.463. The van der Waals surface area contributed by atoms with Gasteiger partial charge in [-0.1, -0.05) is 57.5 Å². The fourth-order valence-corrected chi connectivity index (χ4v) is 6.79. The van der Waals surface area contributed by atoms with Gasteiger partial charge in [0.25, 0.3) is 0 Å². The predicted octanol–water partition coefficient (Wildman–Crippen LogP) is 7.98. The average Bonchev–Trinajstić information content (AvgIpc) is 2.81. The van der Waals surface area contributed by atoms with Gasteiger partial charge in [0.15, 0.2) is 23.1 Å².